The quantitative estimate of drug-likeness (QED) is 0.449. The third-order valence-electron chi connectivity index (χ3n) is 4.13. The summed E-state index contributed by atoms with van der Waals surface area (Å²) < 4.78 is 12.0. The standard InChI is InChI=1S/C20H18BrNO3S2/c1-24-16-10-14(15(21)12-17(16)25-2)11-18-19(23)22(20(26)27-18)9-8-13-6-4-3-5-7-13/h3-7,10-12H,8-9H2,1-2H3/b18-11-. The first-order chi connectivity index (χ1) is 13.0. The summed E-state index contributed by atoms with van der Waals surface area (Å²) in [5.74, 6) is 1.16. The van der Waals surface area contributed by atoms with Crippen molar-refractivity contribution in [3.63, 3.8) is 0 Å². The van der Waals surface area contributed by atoms with Crippen LogP contribution in [0.1, 0.15) is 11.1 Å². The molecule has 0 saturated carbocycles. The fourth-order valence-corrected chi connectivity index (χ4v) is 4.44. The summed E-state index contributed by atoms with van der Waals surface area (Å²) in [7, 11) is 3.17. The van der Waals surface area contributed by atoms with Crippen LogP contribution in [0, 0.1) is 0 Å². The monoisotopic (exact) mass is 463 g/mol. The van der Waals surface area contributed by atoms with Gasteiger partial charge in [0.15, 0.2) is 11.5 Å². The molecule has 1 amide bonds. The summed E-state index contributed by atoms with van der Waals surface area (Å²) in [4.78, 5) is 15.1. The first-order valence-corrected chi connectivity index (χ1v) is 10.3. The first kappa shape index (κ1) is 19.9. The molecule has 0 aliphatic carbocycles. The minimum Gasteiger partial charge on any atom is -0.493 e. The number of benzene rings is 2. The molecular weight excluding hydrogens is 446 g/mol. The highest BCUT2D eigenvalue weighted by Crippen LogP contribution is 2.38. The van der Waals surface area contributed by atoms with E-state index in [1.807, 2.05) is 48.5 Å². The molecule has 1 aliphatic heterocycles. The number of thioether (sulfide) groups is 1. The van der Waals surface area contributed by atoms with Crippen LogP contribution in [0.15, 0.2) is 51.8 Å². The number of hydrogen-bond acceptors (Lipinski definition) is 5. The molecular formula is C20H18BrNO3S2. The number of hydrogen-bond donors (Lipinski definition) is 0. The summed E-state index contributed by atoms with van der Waals surface area (Å²) in [5, 5.41) is 0. The number of amides is 1. The first-order valence-electron chi connectivity index (χ1n) is 8.24. The molecule has 1 fully saturated rings. The zero-order valence-electron chi connectivity index (χ0n) is 14.9. The molecule has 0 bridgehead atoms. The van der Waals surface area contributed by atoms with Gasteiger partial charge in [-0.2, -0.15) is 0 Å². The predicted molar refractivity (Wildman–Crippen MR) is 117 cm³/mol. The van der Waals surface area contributed by atoms with E-state index in [1.165, 1.54) is 17.3 Å². The molecule has 1 saturated heterocycles. The fourth-order valence-electron chi connectivity index (χ4n) is 2.70. The Balaban J connectivity index is 1.80. The van der Waals surface area contributed by atoms with Crippen molar-refractivity contribution in [2.24, 2.45) is 0 Å². The van der Waals surface area contributed by atoms with Crippen LogP contribution in [-0.2, 0) is 11.2 Å². The molecule has 2 aromatic carbocycles. The second kappa shape index (κ2) is 8.91. The molecule has 1 aliphatic rings. The van der Waals surface area contributed by atoms with Crippen molar-refractivity contribution < 1.29 is 14.3 Å². The number of methoxy groups -OCH3 is 2. The maximum atomic E-state index is 12.8. The Kier molecular flexibility index (Phi) is 6.57. The lowest BCUT2D eigenvalue weighted by Gasteiger charge is -2.14. The molecule has 0 N–H and O–H groups in total. The minimum atomic E-state index is -0.0670. The van der Waals surface area contributed by atoms with Crippen LogP contribution in [0.5, 0.6) is 11.5 Å². The van der Waals surface area contributed by atoms with Crippen molar-refractivity contribution in [3.8, 4) is 11.5 Å². The maximum Gasteiger partial charge on any atom is 0.266 e. The van der Waals surface area contributed by atoms with E-state index in [1.54, 1.807) is 19.1 Å². The molecule has 0 spiro atoms. The largest absolute Gasteiger partial charge is 0.493 e. The van der Waals surface area contributed by atoms with Crippen molar-refractivity contribution in [2.75, 3.05) is 20.8 Å². The van der Waals surface area contributed by atoms with Crippen LogP contribution >= 0.6 is 39.9 Å². The molecule has 140 valence electrons. The lowest BCUT2D eigenvalue weighted by molar-refractivity contribution is -0.122. The highest BCUT2D eigenvalue weighted by molar-refractivity contribution is 9.10. The molecule has 0 unspecified atom stereocenters. The van der Waals surface area contributed by atoms with Gasteiger partial charge in [-0.15, -0.1) is 0 Å². The molecule has 1 heterocycles. The summed E-state index contributed by atoms with van der Waals surface area (Å²) in [6.07, 6.45) is 2.59. The maximum absolute atomic E-state index is 12.8. The number of rotatable bonds is 6. The number of nitrogens with zero attached hydrogens (tertiary/aromatic N) is 1. The Morgan fingerprint density at radius 1 is 1.15 bits per heavy atom. The van der Waals surface area contributed by atoms with E-state index in [9.17, 15) is 4.79 Å². The van der Waals surface area contributed by atoms with Crippen molar-refractivity contribution in [1.82, 2.24) is 4.90 Å². The lowest BCUT2D eigenvalue weighted by Crippen LogP contribution is -2.30. The molecule has 0 atom stereocenters. The fraction of sp³-hybridized carbons (Fsp3) is 0.200. The van der Waals surface area contributed by atoms with Gasteiger partial charge >= 0.3 is 0 Å². The van der Waals surface area contributed by atoms with E-state index in [0.29, 0.717) is 27.3 Å². The van der Waals surface area contributed by atoms with Gasteiger partial charge in [-0.25, -0.2) is 0 Å². The van der Waals surface area contributed by atoms with Gasteiger partial charge in [0.25, 0.3) is 5.91 Å². The van der Waals surface area contributed by atoms with Gasteiger partial charge in [0, 0.05) is 11.0 Å². The Labute approximate surface area is 176 Å². The zero-order valence-corrected chi connectivity index (χ0v) is 18.1. The van der Waals surface area contributed by atoms with Gasteiger partial charge < -0.3 is 9.47 Å². The van der Waals surface area contributed by atoms with Crippen LogP contribution in [0.25, 0.3) is 6.08 Å². The average Bonchev–Trinajstić information content (AvgIpc) is 2.95. The van der Waals surface area contributed by atoms with E-state index in [-0.39, 0.29) is 5.91 Å². The number of carbonyl (C=O) groups is 1. The van der Waals surface area contributed by atoms with Gasteiger partial charge in [-0.1, -0.05) is 70.2 Å². The minimum absolute atomic E-state index is 0.0670. The SMILES string of the molecule is COc1cc(Br)c(/C=C2\SC(=S)N(CCc3ccccc3)C2=O)cc1OC. The molecule has 7 heteroatoms. The zero-order chi connectivity index (χ0) is 19.4. The van der Waals surface area contributed by atoms with Crippen LogP contribution in [0.3, 0.4) is 0 Å². The van der Waals surface area contributed by atoms with E-state index in [4.69, 9.17) is 21.7 Å². The summed E-state index contributed by atoms with van der Waals surface area (Å²) >= 11 is 10.3. The van der Waals surface area contributed by atoms with E-state index < -0.39 is 0 Å². The van der Waals surface area contributed by atoms with Crippen molar-refractivity contribution >= 4 is 56.2 Å². The van der Waals surface area contributed by atoms with Gasteiger partial charge in [0.2, 0.25) is 0 Å². The molecule has 4 nitrogen and oxygen atoms in total. The van der Waals surface area contributed by atoms with Crippen molar-refractivity contribution in [1.29, 1.82) is 0 Å². The summed E-state index contributed by atoms with van der Waals surface area (Å²) in [6.45, 7) is 0.569. The molecule has 0 aromatic heterocycles. The highest BCUT2D eigenvalue weighted by atomic mass is 79.9. The van der Waals surface area contributed by atoms with Gasteiger partial charge in [-0.3, -0.25) is 9.69 Å². The Bertz CT molecular complexity index is 900. The Morgan fingerprint density at radius 2 is 1.81 bits per heavy atom. The van der Waals surface area contributed by atoms with Crippen LogP contribution in [-0.4, -0.2) is 35.9 Å². The average molecular weight is 464 g/mol. The van der Waals surface area contributed by atoms with Gasteiger partial charge in [-0.05, 0) is 35.8 Å². The predicted octanol–water partition coefficient (Wildman–Crippen LogP) is 4.91. The summed E-state index contributed by atoms with van der Waals surface area (Å²) in [5.41, 5.74) is 2.01. The van der Waals surface area contributed by atoms with Crippen molar-refractivity contribution in [2.45, 2.75) is 6.42 Å². The van der Waals surface area contributed by atoms with Crippen LogP contribution in [0.4, 0.5) is 0 Å². The van der Waals surface area contributed by atoms with E-state index in [0.717, 1.165) is 16.5 Å². The third kappa shape index (κ3) is 4.54. The molecule has 0 radical (unpaired) electrons. The van der Waals surface area contributed by atoms with Crippen LogP contribution < -0.4 is 9.47 Å². The molecule has 27 heavy (non-hydrogen) atoms. The normalized spacial score (nSPS) is 15.5. The van der Waals surface area contributed by atoms with Crippen LogP contribution in [0.2, 0.25) is 0 Å². The van der Waals surface area contributed by atoms with Crippen molar-refractivity contribution in [3.05, 3.63) is 63.0 Å². The number of ether oxygens (including phenoxy) is 2. The highest BCUT2D eigenvalue weighted by Gasteiger charge is 2.31. The number of carbonyl (C=O) groups excluding carboxylic acids is 1. The number of thiocarbonyl (C=S) groups is 1. The van der Waals surface area contributed by atoms with E-state index in [2.05, 4.69) is 15.9 Å². The molecule has 3 rings (SSSR count). The Hall–Kier alpha value is -1.83. The second-order valence-electron chi connectivity index (χ2n) is 5.80. The third-order valence-corrected chi connectivity index (χ3v) is 6.19. The van der Waals surface area contributed by atoms with Gasteiger partial charge in [0.1, 0.15) is 4.32 Å². The number of halogens is 1. The summed E-state index contributed by atoms with van der Waals surface area (Å²) in [6, 6.07) is 13.7. The van der Waals surface area contributed by atoms with Gasteiger partial charge in [0.05, 0.1) is 19.1 Å². The smallest absolute Gasteiger partial charge is 0.266 e. The lowest BCUT2D eigenvalue weighted by atomic mass is 10.1. The topological polar surface area (TPSA) is 38.8 Å². The Morgan fingerprint density at radius 3 is 2.48 bits per heavy atom. The molecule has 2 aromatic rings. The second-order valence-corrected chi connectivity index (χ2v) is 8.33. The van der Waals surface area contributed by atoms with E-state index >= 15 is 0 Å².